The number of halogens is 3. The zero-order chi connectivity index (χ0) is 18.9. The largest absolute Gasteiger partial charge is 0.481 e. The Morgan fingerprint density at radius 1 is 1.19 bits per heavy atom. The third kappa shape index (κ3) is 3.46. The molecule has 0 saturated carbocycles. The number of amides is 1. The van der Waals surface area contributed by atoms with Crippen molar-refractivity contribution in [1.82, 2.24) is 10.4 Å². The molecule has 0 unspecified atom stereocenters. The van der Waals surface area contributed by atoms with E-state index in [4.69, 9.17) is 9.47 Å². The zero-order valence-corrected chi connectivity index (χ0v) is 13.8. The number of carbonyl (C=O) groups excluding carboxylic acids is 1. The molecule has 6 nitrogen and oxygen atoms in total. The van der Waals surface area contributed by atoms with Crippen LogP contribution in [0.15, 0.2) is 35.4 Å². The molecule has 0 saturated heterocycles. The van der Waals surface area contributed by atoms with Gasteiger partial charge in [0.15, 0.2) is 0 Å². The van der Waals surface area contributed by atoms with Crippen LogP contribution in [-0.2, 0) is 10.9 Å². The number of ether oxygens (including phenoxy) is 2. The number of carbonyl (C=O) groups is 1. The first-order chi connectivity index (χ1) is 12.3. The van der Waals surface area contributed by atoms with Crippen LogP contribution in [0.25, 0.3) is 11.1 Å². The molecular formula is C17H14F3N3O3. The van der Waals surface area contributed by atoms with Crippen LogP contribution in [0, 0.1) is 6.92 Å². The van der Waals surface area contributed by atoms with Gasteiger partial charge in [0.2, 0.25) is 5.88 Å². The minimum atomic E-state index is -4.61. The topological polar surface area (TPSA) is 72.8 Å². The predicted octanol–water partition coefficient (Wildman–Crippen LogP) is 3.53. The van der Waals surface area contributed by atoms with Crippen molar-refractivity contribution in [2.45, 2.75) is 13.1 Å². The van der Waals surface area contributed by atoms with Gasteiger partial charge in [-0.25, -0.2) is 15.2 Å². The SMILES string of the molecule is COc1nc(C)ccc1-c1ccc(C2=NNC(=O)OC2)cc1C(F)(F)F. The van der Waals surface area contributed by atoms with E-state index in [1.165, 1.54) is 25.3 Å². The molecule has 0 aliphatic carbocycles. The molecule has 0 radical (unpaired) electrons. The van der Waals surface area contributed by atoms with Gasteiger partial charge in [0.05, 0.1) is 12.7 Å². The molecule has 1 amide bonds. The first-order valence-electron chi connectivity index (χ1n) is 7.52. The Morgan fingerprint density at radius 2 is 1.92 bits per heavy atom. The van der Waals surface area contributed by atoms with Crippen molar-refractivity contribution in [3.63, 3.8) is 0 Å². The molecule has 9 heteroatoms. The summed E-state index contributed by atoms with van der Waals surface area (Å²) in [5.41, 5.74) is 2.39. The summed E-state index contributed by atoms with van der Waals surface area (Å²) in [6, 6.07) is 6.91. The van der Waals surface area contributed by atoms with E-state index in [-0.39, 0.29) is 34.9 Å². The zero-order valence-electron chi connectivity index (χ0n) is 13.8. The third-order valence-corrected chi connectivity index (χ3v) is 3.76. The van der Waals surface area contributed by atoms with Crippen LogP contribution in [-0.4, -0.2) is 30.5 Å². The Kier molecular flexibility index (Phi) is 4.54. The van der Waals surface area contributed by atoms with Gasteiger partial charge in [0, 0.05) is 16.8 Å². The first-order valence-corrected chi connectivity index (χ1v) is 7.52. The molecule has 1 aromatic carbocycles. The van der Waals surface area contributed by atoms with Gasteiger partial charge in [-0.15, -0.1) is 0 Å². The highest BCUT2D eigenvalue weighted by Crippen LogP contribution is 2.40. The summed E-state index contributed by atoms with van der Waals surface area (Å²) >= 11 is 0. The molecule has 1 N–H and O–H groups in total. The highest BCUT2D eigenvalue weighted by Gasteiger charge is 2.35. The van der Waals surface area contributed by atoms with Crippen molar-refractivity contribution in [2.24, 2.45) is 5.10 Å². The number of alkyl halides is 3. The van der Waals surface area contributed by atoms with Crippen LogP contribution in [0.3, 0.4) is 0 Å². The van der Waals surface area contributed by atoms with Crippen LogP contribution < -0.4 is 10.2 Å². The molecule has 0 spiro atoms. The molecule has 3 rings (SSSR count). The Labute approximate surface area is 146 Å². The second-order valence-electron chi connectivity index (χ2n) is 5.51. The molecule has 0 atom stereocenters. The second kappa shape index (κ2) is 6.66. The quantitative estimate of drug-likeness (QED) is 0.903. The predicted molar refractivity (Wildman–Crippen MR) is 87.0 cm³/mol. The van der Waals surface area contributed by atoms with Crippen LogP contribution in [0.2, 0.25) is 0 Å². The van der Waals surface area contributed by atoms with E-state index in [1.54, 1.807) is 13.0 Å². The molecule has 2 aromatic rings. The van der Waals surface area contributed by atoms with Crippen molar-refractivity contribution in [3.05, 3.63) is 47.2 Å². The van der Waals surface area contributed by atoms with Crippen LogP contribution in [0.4, 0.5) is 18.0 Å². The molecule has 1 aromatic heterocycles. The molecule has 2 heterocycles. The third-order valence-electron chi connectivity index (χ3n) is 3.76. The Balaban J connectivity index is 2.14. The van der Waals surface area contributed by atoms with E-state index in [9.17, 15) is 18.0 Å². The van der Waals surface area contributed by atoms with Gasteiger partial charge in [-0.05, 0) is 30.7 Å². The van der Waals surface area contributed by atoms with E-state index in [1.807, 2.05) is 0 Å². The average molecular weight is 365 g/mol. The van der Waals surface area contributed by atoms with Crippen LogP contribution in [0.5, 0.6) is 5.88 Å². The number of methoxy groups -OCH3 is 1. The summed E-state index contributed by atoms with van der Waals surface area (Å²) in [6.07, 6.45) is -5.36. The van der Waals surface area contributed by atoms with Crippen molar-refractivity contribution in [1.29, 1.82) is 0 Å². The summed E-state index contributed by atoms with van der Waals surface area (Å²) in [5, 5.41) is 3.74. The van der Waals surface area contributed by atoms with Crippen LogP contribution in [0.1, 0.15) is 16.8 Å². The molecular weight excluding hydrogens is 351 g/mol. The second-order valence-corrected chi connectivity index (χ2v) is 5.51. The number of hydrazone groups is 1. The summed E-state index contributed by atoms with van der Waals surface area (Å²) in [4.78, 5) is 15.1. The monoisotopic (exact) mass is 365 g/mol. The molecule has 0 bridgehead atoms. The van der Waals surface area contributed by atoms with Gasteiger partial charge in [-0.3, -0.25) is 0 Å². The normalized spacial score (nSPS) is 14.3. The van der Waals surface area contributed by atoms with E-state index in [0.717, 1.165) is 6.07 Å². The maximum atomic E-state index is 13.7. The molecule has 1 aliphatic rings. The van der Waals surface area contributed by atoms with Gasteiger partial charge < -0.3 is 9.47 Å². The molecule has 26 heavy (non-hydrogen) atoms. The Bertz CT molecular complexity index is 895. The van der Waals surface area contributed by atoms with E-state index in [2.05, 4.69) is 15.5 Å². The molecule has 1 aliphatic heterocycles. The number of rotatable bonds is 3. The number of aryl methyl sites for hydroxylation is 1. The fourth-order valence-electron chi connectivity index (χ4n) is 2.55. The van der Waals surface area contributed by atoms with Crippen molar-refractivity contribution < 1.29 is 27.4 Å². The number of cyclic esters (lactones) is 1. The van der Waals surface area contributed by atoms with Gasteiger partial charge in [0.1, 0.15) is 12.3 Å². The number of nitrogens with zero attached hydrogens (tertiary/aromatic N) is 2. The number of hydrogen-bond acceptors (Lipinski definition) is 5. The highest BCUT2D eigenvalue weighted by molar-refractivity contribution is 6.04. The Morgan fingerprint density at radius 3 is 2.54 bits per heavy atom. The summed E-state index contributed by atoms with van der Waals surface area (Å²) < 4.78 is 50.8. The molecule has 0 fully saturated rings. The number of nitrogens with one attached hydrogen (secondary N) is 1. The van der Waals surface area contributed by atoms with Gasteiger partial charge >= 0.3 is 12.3 Å². The maximum Gasteiger partial charge on any atom is 0.428 e. The maximum absolute atomic E-state index is 13.7. The minimum absolute atomic E-state index is 0.0630. The number of benzene rings is 1. The first kappa shape index (κ1) is 17.7. The van der Waals surface area contributed by atoms with Crippen molar-refractivity contribution >= 4 is 11.8 Å². The standard InChI is InChI=1S/C17H14F3N3O3/c1-9-3-5-12(15(21-9)25-2)11-6-4-10(7-13(11)17(18,19)20)14-8-26-16(24)23-22-14/h3-7H,8H2,1-2H3,(H,23,24). The molecule has 136 valence electrons. The van der Waals surface area contributed by atoms with Crippen molar-refractivity contribution in [3.8, 4) is 17.0 Å². The van der Waals surface area contributed by atoms with Gasteiger partial charge in [-0.2, -0.15) is 18.3 Å². The Hall–Kier alpha value is -3.10. The van der Waals surface area contributed by atoms with Crippen molar-refractivity contribution in [2.75, 3.05) is 13.7 Å². The van der Waals surface area contributed by atoms with Crippen LogP contribution >= 0.6 is 0 Å². The van der Waals surface area contributed by atoms with E-state index < -0.39 is 17.8 Å². The highest BCUT2D eigenvalue weighted by atomic mass is 19.4. The van der Waals surface area contributed by atoms with E-state index >= 15 is 0 Å². The lowest BCUT2D eigenvalue weighted by molar-refractivity contribution is -0.137. The van der Waals surface area contributed by atoms with Gasteiger partial charge in [0.25, 0.3) is 0 Å². The minimum Gasteiger partial charge on any atom is -0.481 e. The fraction of sp³-hybridized carbons (Fsp3) is 0.235. The summed E-state index contributed by atoms with van der Waals surface area (Å²) in [7, 11) is 1.35. The lowest BCUT2D eigenvalue weighted by Crippen LogP contribution is -2.30. The summed E-state index contributed by atoms with van der Waals surface area (Å²) in [5.74, 6) is 0.105. The number of hydrogen-bond donors (Lipinski definition) is 1. The van der Waals surface area contributed by atoms with E-state index in [0.29, 0.717) is 5.69 Å². The fourth-order valence-corrected chi connectivity index (χ4v) is 2.55. The smallest absolute Gasteiger partial charge is 0.428 e. The number of pyridine rings is 1. The lowest BCUT2D eigenvalue weighted by Gasteiger charge is -2.18. The lowest BCUT2D eigenvalue weighted by atomic mass is 9.96. The average Bonchev–Trinajstić information content (AvgIpc) is 2.61. The number of aromatic nitrogens is 1. The van der Waals surface area contributed by atoms with Gasteiger partial charge in [-0.1, -0.05) is 12.1 Å². The summed E-state index contributed by atoms with van der Waals surface area (Å²) in [6.45, 7) is 1.51.